The molecule has 0 atom stereocenters. The summed E-state index contributed by atoms with van der Waals surface area (Å²) in [5.41, 5.74) is 8.64. The highest BCUT2D eigenvalue weighted by atomic mass is 16.5. The van der Waals surface area contributed by atoms with Gasteiger partial charge in [0.2, 0.25) is 0 Å². The number of urea groups is 1. The molecule has 0 aliphatic heterocycles. The summed E-state index contributed by atoms with van der Waals surface area (Å²) in [4.78, 5) is 15.8. The Bertz CT molecular complexity index is 704. The Balaban J connectivity index is 1.75. The number of hydrogen-bond donors (Lipinski definition) is 3. The summed E-state index contributed by atoms with van der Waals surface area (Å²) in [5.74, 6) is 0.948. The van der Waals surface area contributed by atoms with Gasteiger partial charge in [-0.2, -0.15) is 5.10 Å². The minimum atomic E-state index is -0.461. The minimum Gasteiger partial charge on any atom is -0.473 e. The lowest BCUT2D eigenvalue weighted by Gasteiger charge is -2.12. The van der Waals surface area contributed by atoms with Crippen LogP contribution in [0.1, 0.15) is 22.5 Å². The van der Waals surface area contributed by atoms with E-state index in [1.54, 1.807) is 0 Å². The summed E-state index contributed by atoms with van der Waals surface area (Å²) >= 11 is 0. The first kappa shape index (κ1) is 16.5. The molecule has 0 spiro atoms. The van der Waals surface area contributed by atoms with E-state index in [4.69, 9.17) is 4.74 Å². The monoisotopic (exact) mass is 316 g/mol. The van der Waals surface area contributed by atoms with Crippen LogP contribution in [0.15, 0.2) is 18.2 Å². The quantitative estimate of drug-likeness (QED) is 0.574. The Hall–Kier alpha value is -2.90. The van der Waals surface area contributed by atoms with Crippen LogP contribution in [-0.2, 0) is 0 Å². The molecule has 0 saturated carbocycles. The Morgan fingerprint density at radius 3 is 2.61 bits per heavy atom. The summed E-state index contributed by atoms with van der Waals surface area (Å²) in [5, 5.41) is 10.3. The number of hydrazine groups is 1. The molecule has 1 aromatic carbocycles. The molecule has 0 aliphatic rings. The van der Waals surface area contributed by atoms with Gasteiger partial charge in [-0.3, -0.25) is 5.43 Å². The number of nitrogens with zero attached hydrogens (tertiary/aromatic N) is 3. The maximum atomic E-state index is 11.7. The number of benzene rings is 1. The molecule has 2 aromatic rings. The summed E-state index contributed by atoms with van der Waals surface area (Å²) in [7, 11) is 0. The van der Waals surface area contributed by atoms with Crippen LogP contribution in [0.3, 0.4) is 0 Å². The van der Waals surface area contributed by atoms with E-state index in [9.17, 15) is 4.79 Å². The third-order valence-electron chi connectivity index (χ3n) is 3.17. The molecular weight excluding hydrogens is 296 g/mol. The molecule has 122 valence electrons. The second-order valence-corrected chi connectivity index (χ2v) is 5.12. The average molecular weight is 316 g/mol. The fourth-order valence-corrected chi connectivity index (χ4v) is 1.81. The molecule has 0 saturated heterocycles. The van der Waals surface area contributed by atoms with Crippen molar-refractivity contribution in [1.29, 1.82) is 0 Å². The lowest BCUT2D eigenvalue weighted by molar-refractivity contribution is 0.225. The molecule has 8 heteroatoms. The van der Waals surface area contributed by atoms with E-state index in [-0.39, 0.29) is 12.7 Å². The van der Waals surface area contributed by atoms with Gasteiger partial charge in [-0.25, -0.2) is 15.2 Å². The van der Waals surface area contributed by atoms with Crippen molar-refractivity contribution in [2.75, 3.05) is 12.2 Å². The van der Waals surface area contributed by atoms with Gasteiger partial charge < -0.3 is 10.1 Å². The van der Waals surface area contributed by atoms with Crippen LogP contribution in [0.2, 0.25) is 0 Å². The summed E-state index contributed by atoms with van der Waals surface area (Å²) in [6.07, 6.45) is 0. The fraction of sp³-hybridized carbons (Fsp3) is 0.333. The van der Waals surface area contributed by atoms with Crippen molar-refractivity contribution in [3.05, 3.63) is 40.7 Å². The van der Waals surface area contributed by atoms with Gasteiger partial charge in [-0.05, 0) is 39.3 Å². The SMILES string of the molecule is Cc1ccc(OCNC(=O)NNc2nnc(C)c(C)n2)c(C)c1. The van der Waals surface area contributed by atoms with Gasteiger partial charge >= 0.3 is 6.03 Å². The van der Waals surface area contributed by atoms with Crippen LogP contribution in [0.4, 0.5) is 10.7 Å². The molecule has 3 N–H and O–H groups in total. The van der Waals surface area contributed by atoms with Crippen molar-refractivity contribution in [2.45, 2.75) is 27.7 Å². The van der Waals surface area contributed by atoms with Crippen LogP contribution in [0.25, 0.3) is 0 Å². The minimum absolute atomic E-state index is 0.0451. The highest BCUT2D eigenvalue weighted by Gasteiger charge is 2.04. The van der Waals surface area contributed by atoms with E-state index in [2.05, 4.69) is 31.3 Å². The smallest absolute Gasteiger partial charge is 0.336 e. The number of hydrogen-bond acceptors (Lipinski definition) is 6. The highest BCUT2D eigenvalue weighted by molar-refractivity contribution is 5.74. The Morgan fingerprint density at radius 1 is 1.13 bits per heavy atom. The third-order valence-corrected chi connectivity index (χ3v) is 3.17. The van der Waals surface area contributed by atoms with Crippen LogP contribution >= 0.6 is 0 Å². The van der Waals surface area contributed by atoms with Crippen molar-refractivity contribution in [3.63, 3.8) is 0 Å². The number of anilines is 1. The lowest BCUT2D eigenvalue weighted by Crippen LogP contribution is -2.41. The molecule has 0 aliphatic carbocycles. The zero-order valence-corrected chi connectivity index (χ0v) is 13.6. The van der Waals surface area contributed by atoms with Gasteiger partial charge in [0.25, 0.3) is 5.95 Å². The molecule has 0 bridgehead atoms. The second-order valence-electron chi connectivity index (χ2n) is 5.12. The second kappa shape index (κ2) is 7.39. The van der Waals surface area contributed by atoms with Crippen molar-refractivity contribution >= 4 is 12.0 Å². The first-order valence-electron chi connectivity index (χ1n) is 7.13. The number of aromatic nitrogens is 3. The van der Waals surface area contributed by atoms with Crippen molar-refractivity contribution in [2.24, 2.45) is 0 Å². The zero-order valence-electron chi connectivity index (χ0n) is 13.6. The summed E-state index contributed by atoms with van der Waals surface area (Å²) in [6, 6.07) is 5.38. The number of ether oxygens (including phenoxy) is 1. The lowest BCUT2D eigenvalue weighted by atomic mass is 10.1. The van der Waals surface area contributed by atoms with Gasteiger partial charge in [-0.1, -0.05) is 17.7 Å². The van der Waals surface area contributed by atoms with Crippen LogP contribution in [-0.4, -0.2) is 27.9 Å². The van der Waals surface area contributed by atoms with E-state index in [0.717, 1.165) is 28.3 Å². The molecule has 0 radical (unpaired) electrons. The van der Waals surface area contributed by atoms with Gasteiger partial charge in [0.15, 0.2) is 6.73 Å². The van der Waals surface area contributed by atoms with Crippen LogP contribution in [0.5, 0.6) is 5.75 Å². The van der Waals surface area contributed by atoms with Crippen molar-refractivity contribution in [1.82, 2.24) is 25.9 Å². The van der Waals surface area contributed by atoms with E-state index in [1.807, 2.05) is 45.9 Å². The molecular formula is C15H20N6O2. The first-order valence-corrected chi connectivity index (χ1v) is 7.13. The molecule has 23 heavy (non-hydrogen) atoms. The molecule has 1 aromatic heterocycles. The third kappa shape index (κ3) is 4.80. The van der Waals surface area contributed by atoms with E-state index in [1.165, 1.54) is 0 Å². The van der Waals surface area contributed by atoms with Crippen molar-refractivity contribution in [3.8, 4) is 5.75 Å². The maximum absolute atomic E-state index is 11.7. The van der Waals surface area contributed by atoms with Crippen LogP contribution < -0.4 is 20.9 Å². The standard InChI is InChI=1S/C15H20N6O2/c1-9-5-6-13(10(2)7-9)23-8-16-15(22)21-20-14-17-11(3)12(4)18-19-14/h5-7H,8H2,1-4H3,(H2,16,21,22)(H,17,19,20). The molecule has 0 unspecified atom stereocenters. The van der Waals surface area contributed by atoms with Gasteiger partial charge in [0, 0.05) is 0 Å². The molecule has 1 heterocycles. The molecule has 2 amide bonds. The topological polar surface area (TPSA) is 101 Å². The summed E-state index contributed by atoms with van der Waals surface area (Å²) < 4.78 is 5.51. The van der Waals surface area contributed by atoms with Gasteiger partial charge in [-0.15, -0.1) is 5.10 Å². The highest BCUT2D eigenvalue weighted by Crippen LogP contribution is 2.18. The molecule has 8 nitrogen and oxygen atoms in total. The molecule has 2 rings (SSSR count). The zero-order chi connectivity index (χ0) is 16.8. The first-order chi connectivity index (χ1) is 11.0. The maximum Gasteiger partial charge on any atom is 0.336 e. The van der Waals surface area contributed by atoms with E-state index >= 15 is 0 Å². The van der Waals surface area contributed by atoms with E-state index < -0.39 is 6.03 Å². The van der Waals surface area contributed by atoms with Gasteiger partial charge in [0.05, 0.1) is 11.4 Å². The largest absolute Gasteiger partial charge is 0.473 e. The van der Waals surface area contributed by atoms with Crippen molar-refractivity contribution < 1.29 is 9.53 Å². The number of rotatable bonds is 5. The number of aryl methyl sites for hydroxylation is 4. The fourth-order valence-electron chi connectivity index (χ4n) is 1.81. The Labute approximate surface area is 134 Å². The average Bonchev–Trinajstić information content (AvgIpc) is 2.50. The molecule has 0 fully saturated rings. The normalized spacial score (nSPS) is 10.1. The Kier molecular flexibility index (Phi) is 5.29. The Morgan fingerprint density at radius 2 is 1.91 bits per heavy atom. The van der Waals surface area contributed by atoms with E-state index in [0.29, 0.717) is 0 Å². The number of carbonyl (C=O) groups excluding carboxylic acids is 1. The van der Waals surface area contributed by atoms with Gasteiger partial charge in [0.1, 0.15) is 5.75 Å². The number of amides is 2. The van der Waals surface area contributed by atoms with Crippen LogP contribution in [0, 0.1) is 27.7 Å². The number of carbonyl (C=O) groups is 1. The predicted molar refractivity (Wildman–Crippen MR) is 86.0 cm³/mol. The number of nitrogens with one attached hydrogen (secondary N) is 3. The predicted octanol–water partition coefficient (Wildman–Crippen LogP) is 1.77. The summed E-state index contributed by atoms with van der Waals surface area (Å²) in [6.45, 7) is 7.63.